The summed E-state index contributed by atoms with van der Waals surface area (Å²) in [6.45, 7) is 0. The quantitative estimate of drug-likeness (QED) is 0.730. The Morgan fingerprint density at radius 1 is 1.38 bits per heavy atom. The third-order valence-corrected chi connectivity index (χ3v) is 2.72. The molecule has 2 nitrogen and oxygen atoms in total. The molecule has 0 unspecified atom stereocenters. The van der Waals surface area contributed by atoms with Gasteiger partial charge in [0.15, 0.2) is 5.65 Å². The van der Waals surface area contributed by atoms with Crippen molar-refractivity contribution in [2.24, 2.45) is 0 Å². The van der Waals surface area contributed by atoms with Crippen molar-refractivity contribution < 1.29 is 0 Å². The minimum absolute atomic E-state index is 0.569. The van der Waals surface area contributed by atoms with E-state index in [9.17, 15) is 0 Å². The summed E-state index contributed by atoms with van der Waals surface area (Å²) in [6.07, 6.45) is 3.67. The maximum atomic E-state index is 5.95. The first-order valence-corrected chi connectivity index (χ1v) is 5.47. The van der Waals surface area contributed by atoms with E-state index in [1.165, 1.54) is 0 Å². The Kier molecular flexibility index (Phi) is 2.49. The second-order valence-electron chi connectivity index (χ2n) is 2.60. The molecule has 2 aromatic rings. The zero-order valence-electron chi connectivity index (χ0n) is 6.47. The Hall–Kier alpha value is -0.250. The predicted octanol–water partition coefficient (Wildman–Crippen LogP) is 3.54. The van der Waals surface area contributed by atoms with Crippen LogP contribution in [0.3, 0.4) is 0 Å². The molecular weight excluding hydrogens is 275 g/mol. The van der Waals surface area contributed by atoms with E-state index in [4.69, 9.17) is 23.2 Å². The van der Waals surface area contributed by atoms with Gasteiger partial charge in [0.1, 0.15) is 0 Å². The molecule has 2 heterocycles. The largest absolute Gasteiger partial charge is 0.304 e. The van der Waals surface area contributed by atoms with Crippen LogP contribution in [0.2, 0.25) is 10.0 Å². The van der Waals surface area contributed by atoms with Crippen LogP contribution in [0, 0.1) is 0 Å². The van der Waals surface area contributed by atoms with Gasteiger partial charge in [0.25, 0.3) is 0 Å². The molecule has 2 aromatic heterocycles. The smallest absolute Gasteiger partial charge is 0.155 e. The highest BCUT2D eigenvalue weighted by Gasteiger charge is 2.05. The lowest BCUT2D eigenvalue weighted by Crippen LogP contribution is -1.82. The molecule has 0 amide bonds. The summed E-state index contributed by atoms with van der Waals surface area (Å²) in [4.78, 5) is 4.30. The molecule has 0 radical (unpaired) electrons. The zero-order valence-corrected chi connectivity index (χ0v) is 9.57. The Morgan fingerprint density at radius 2 is 2.15 bits per heavy atom. The Balaban J connectivity index is 2.75. The van der Waals surface area contributed by atoms with Crippen LogP contribution < -0.4 is 0 Å². The van der Waals surface area contributed by atoms with Crippen molar-refractivity contribution in [1.29, 1.82) is 0 Å². The maximum absolute atomic E-state index is 5.95. The summed E-state index contributed by atoms with van der Waals surface area (Å²) >= 11 is 15.1. The number of alkyl halides is 1. The van der Waals surface area contributed by atoms with Crippen molar-refractivity contribution in [3.8, 4) is 0 Å². The molecular formula is C8H5BrCl2N2. The van der Waals surface area contributed by atoms with E-state index < -0.39 is 0 Å². The van der Waals surface area contributed by atoms with Crippen molar-refractivity contribution in [2.45, 2.75) is 5.33 Å². The van der Waals surface area contributed by atoms with Crippen LogP contribution in [0.25, 0.3) is 5.65 Å². The highest BCUT2D eigenvalue weighted by Crippen LogP contribution is 2.22. The average molecular weight is 280 g/mol. The molecule has 0 saturated carbocycles. The molecule has 0 aromatic carbocycles. The van der Waals surface area contributed by atoms with E-state index in [1.807, 2.05) is 10.6 Å². The zero-order chi connectivity index (χ0) is 9.42. The van der Waals surface area contributed by atoms with E-state index in [1.54, 1.807) is 12.3 Å². The molecule has 5 heteroatoms. The van der Waals surface area contributed by atoms with E-state index in [0.29, 0.717) is 15.4 Å². The third kappa shape index (κ3) is 1.68. The first-order valence-electron chi connectivity index (χ1n) is 3.59. The second-order valence-corrected chi connectivity index (χ2v) is 4.01. The average Bonchev–Trinajstić information content (AvgIpc) is 2.47. The number of halogens is 3. The molecule has 0 N–H and O–H groups in total. The van der Waals surface area contributed by atoms with Crippen molar-refractivity contribution in [2.75, 3.05) is 0 Å². The lowest BCUT2D eigenvalue weighted by molar-refractivity contribution is 1.18. The molecule has 0 atom stereocenters. The Bertz CT molecular complexity index is 453. The number of rotatable bonds is 1. The lowest BCUT2D eigenvalue weighted by Gasteiger charge is -1.95. The van der Waals surface area contributed by atoms with Gasteiger partial charge in [-0.1, -0.05) is 39.1 Å². The number of nitrogens with zero attached hydrogens (tertiary/aromatic N) is 2. The van der Waals surface area contributed by atoms with Crippen molar-refractivity contribution >= 4 is 44.8 Å². The topological polar surface area (TPSA) is 17.3 Å². The lowest BCUT2D eigenvalue weighted by atomic mass is 10.5. The fourth-order valence-electron chi connectivity index (χ4n) is 1.14. The number of hydrogen-bond donors (Lipinski definition) is 0. The summed E-state index contributed by atoms with van der Waals surface area (Å²) < 4.78 is 1.82. The standard InChI is InChI=1S/C8H5BrCl2N2/c9-2-6-4-13-3-5(10)1-7(11)8(13)12-6/h1,3-4H,2H2. The SMILES string of the molecule is Clc1cc(Cl)c2nc(CBr)cn2c1. The first-order chi connectivity index (χ1) is 6.20. The van der Waals surface area contributed by atoms with E-state index in [2.05, 4.69) is 20.9 Å². The summed E-state index contributed by atoms with van der Waals surface area (Å²) in [5, 5.41) is 1.89. The molecule has 68 valence electrons. The molecule has 2 rings (SSSR count). The predicted molar refractivity (Wildman–Crippen MR) is 57.8 cm³/mol. The fraction of sp³-hybridized carbons (Fsp3) is 0.125. The Morgan fingerprint density at radius 3 is 2.85 bits per heavy atom. The van der Waals surface area contributed by atoms with Crippen LogP contribution in [0.5, 0.6) is 0 Å². The molecule has 0 aliphatic rings. The molecule has 0 fully saturated rings. The van der Waals surface area contributed by atoms with Gasteiger partial charge in [-0.05, 0) is 6.07 Å². The molecule has 0 aliphatic carbocycles. The van der Waals surface area contributed by atoms with E-state index in [-0.39, 0.29) is 0 Å². The van der Waals surface area contributed by atoms with Gasteiger partial charge in [-0.3, -0.25) is 0 Å². The Labute approximate surface area is 93.6 Å². The molecule has 0 saturated heterocycles. The molecule has 0 spiro atoms. The second kappa shape index (κ2) is 3.48. The van der Waals surface area contributed by atoms with E-state index in [0.717, 1.165) is 11.3 Å². The molecule has 0 aliphatic heterocycles. The highest BCUT2D eigenvalue weighted by molar-refractivity contribution is 9.08. The minimum Gasteiger partial charge on any atom is -0.304 e. The summed E-state index contributed by atoms with van der Waals surface area (Å²) in [5.41, 5.74) is 1.67. The van der Waals surface area contributed by atoms with Gasteiger partial charge in [0.2, 0.25) is 0 Å². The summed E-state index contributed by atoms with van der Waals surface area (Å²) in [5.74, 6) is 0. The summed E-state index contributed by atoms with van der Waals surface area (Å²) in [7, 11) is 0. The first kappa shape index (κ1) is 9.31. The van der Waals surface area contributed by atoms with Crippen LogP contribution in [-0.2, 0) is 5.33 Å². The van der Waals surface area contributed by atoms with Crippen LogP contribution in [0.4, 0.5) is 0 Å². The van der Waals surface area contributed by atoms with Gasteiger partial charge in [-0.2, -0.15) is 0 Å². The van der Waals surface area contributed by atoms with Gasteiger partial charge >= 0.3 is 0 Å². The fourth-order valence-corrected chi connectivity index (χ4v) is 1.94. The van der Waals surface area contributed by atoms with Crippen LogP contribution >= 0.6 is 39.1 Å². The monoisotopic (exact) mass is 278 g/mol. The number of hydrogen-bond acceptors (Lipinski definition) is 1. The van der Waals surface area contributed by atoms with Crippen molar-refractivity contribution in [3.05, 3.63) is 34.2 Å². The number of aromatic nitrogens is 2. The summed E-state index contributed by atoms with van der Waals surface area (Å²) in [6, 6.07) is 1.68. The molecule has 0 bridgehead atoms. The van der Waals surface area contributed by atoms with Crippen molar-refractivity contribution in [1.82, 2.24) is 9.38 Å². The van der Waals surface area contributed by atoms with E-state index >= 15 is 0 Å². The van der Waals surface area contributed by atoms with Crippen LogP contribution in [0.1, 0.15) is 5.69 Å². The third-order valence-electron chi connectivity index (χ3n) is 1.66. The van der Waals surface area contributed by atoms with Gasteiger partial charge < -0.3 is 4.40 Å². The van der Waals surface area contributed by atoms with Gasteiger partial charge in [-0.15, -0.1) is 0 Å². The number of fused-ring (bicyclic) bond motifs is 1. The maximum Gasteiger partial charge on any atom is 0.155 e. The van der Waals surface area contributed by atoms with Gasteiger partial charge in [-0.25, -0.2) is 4.98 Å². The van der Waals surface area contributed by atoms with Crippen LogP contribution in [-0.4, -0.2) is 9.38 Å². The van der Waals surface area contributed by atoms with Gasteiger partial charge in [0, 0.05) is 17.7 Å². The minimum atomic E-state index is 0.569. The van der Waals surface area contributed by atoms with Crippen LogP contribution in [0.15, 0.2) is 18.5 Å². The number of imidazole rings is 1. The molecule has 13 heavy (non-hydrogen) atoms. The highest BCUT2D eigenvalue weighted by atomic mass is 79.9. The van der Waals surface area contributed by atoms with Crippen molar-refractivity contribution in [3.63, 3.8) is 0 Å². The number of pyridine rings is 1. The normalized spacial score (nSPS) is 11.0. The van der Waals surface area contributed by atoms with Gasteiger partial charge in [0.05, 0.1) is 15.7 Å².